The molecule has 0 aliphatic carbocycles. The number of carbonyl (C=O) groups is 1. The van der Waals surface area contributed by atoms with E-state index >= 15 is 0 Å². The molecule has 0 aliphatic rings. The Morgan fingerprint density at radius 2 is 1.87 bits per heavy atom. The van der Waals surface area contributed by atoms with Crippen LogP contribution in [0.5, 0.6) is 0 Å². The van der Waals surface area contributed by atoms with Crippen molar-refractivity contribution in [1.29, 1.82) is 0 Å². The van der Waals surface area contributed by atoms with Crippen molar-refractivity contribution in [2.75, 3.05) is 39.9 Å². The van der Waals surface area contributed by atoms with E-state index in [2.05, 4.69) is 22.9 Å². The molecule has 0 bridgehead atoms. The van der Waals surface area contributed by atoms with Gasteiger partial charge in [0.1, 0.15) is 0 Å². The molecule has 15 heavy (non-hydrogen) atoms. The Balaban J connectivity index is 3.10. The van der Waals surface area contributed by atoms with Crippen molar-refractivity contribution < 1.29 is 9.53 Å². The fraction of sp³-hybridized carbons (Fsp3) is 0.900. The SMILES string of the molecule is CCCCNC(=O)NCCNCCOC. The van der Waals surface area contributed by atoms with Crippen LogP contribution in [0.15, 0.2) is 0 Å². The van der Waals surface area contributed by atoms with Gasteiger partial charge in [0, 0.05) is 33.3 Å². The Labute approximate surface area is 91.9 Å². The van der Waals surface area contributed by atoms with E-state index in [0.717, 1.165) is 32.5 Å². The molecule has 0 spiro atoms. The molecule has 0 aliphatic heterocycles. The Morgan fingerprint density at radius 3 is 2.53 bits per heavy atom. The van der Waals surface area contributed by atoms with Crippen molar-refractivity contribution in [2.24, 2.45) is 0 Å². The molecule has 0 unspecified atom stereocenters. The molecule has 0 atom stereocenters. The van der Waals surface area contributed by atoms with E-state index in [0.29, 0.717) is 13.2 Å². The minimum atomic E-state index is -0.0861. The van der Waals surface area contributed by atoms with Gasteiger partial charge in [0.15, 0.2) is 0 Å². The van der Waals surface area contributed by atoms with Crippen molar-refractivity contribution in [3.8, 4) is 0 Å². The third kappa shape index (κ3) is 11.1. The number of rotatable bonds is 9. The van der Waals surface area contributed by atoms with Gasteiger partial charge in [-0.05, 0) is 6.42 Å². The van der Waals surface area contributed by atoms with Crippen LogP contribution in [0.2, 0.25) is 0 Å². The number of carbonyl (C=O) groups excluding carboxylic acids is 1. The maximum atomic E-state index is 11.1. The minimum Gasteiger partial charge on any atom is -0.383 e. The average Bonchev–Trinajstić information content (AvgIpc) is 2.23. The van der Waals surface area contributed by atoms with Gasteiger partial charge in [-0.25, -0.2) is 4.79 Å². The maximum Gasteiger partial charge on any atom is 0.314 e. The van der Waals surface area contributed by atoms with Gasteiger partial charge < -0.3 is 20.7 Å². The lowest BCUT2D eigenvalue weighted by molar-refractivity contribution is 0.199. The van der Waals surface area contributed by atoms with Crippen molar-refractivity contribution in [2.45, 2.75) is 19.8 Å². The first-order valence-corrected chi connectivity index (χ1v) is 5.52. The maximum absolute atomic E-state index is 11.1. The van der Waals surface area contributed by atoms with Crippen LogP contribution in [0.25, 0.3) is 0 Å². The fourth-order valence-corrected chi connectivity index (χ4v) is 1.00. The quantitative estimate of drug-likeness (QED) is 0.487. The molecule has 2 amide bonds. The lowest BCUT2D eigenvalue weighted by atomic mass is 10.3. The summed E-state index contributed by atoms with van der Waals surface area (Å²) in [5.41, 5.74) is 0. The zero-order chi connectivity index (χ0) is 11.4. The standard InChI is InChI=1S/C10H23N3O2/c1-3-4-5-12-10(14)13-7-6-11-8-9-15-2/h11H,3-9H2,1-2H3,(H2,12,13,14). The molecule has 0 aromatic rings. The summed E-state index contributed by atoms with van der Waals surface area (Å²) in [6.45, 7) is 5.77. The van der Waals surface area contributed by atoms with Crippen LogP contribution >= 0.6 is 0 Å². The van der Waals surface area contributed by atoms with Crippen LogP contribution in [0.4, 0.5) is 4.79 Å². The molecule has 0 saturated heterocycles. The monoisotopic (exact) mass is 217 g/mol. The van der Waals surface area contributed by atoms with E-state index in [1.807, 2.05) is 0 Å². The van der Waals surface area contributed by atoms with Crippen LogP contribution < -0.4 is 16.0 Å². The molecule has 0 aromatic heterocycles. The molecule has 3 N–H and O–H groups in total. The van der Waals surface area contributed by atoms with Gasteiger partial charge in [0.2, 0.25) is 0 Å². The van der Waals surface area contributed by atoms with Crippen molar-refractivity contribution in [3.63, 3.8) is 0 Å². The van der Waals surface area contributed by atoms with Gasteiger partial charge >= 0.3 is 6.03 Å². The van der Waals surface area contributed by atoms with Crippen LogP contribution in [0.3, 0.4) is 0 Å². The summed E-state index contributed by atoms with van der Waals surface area (Å²) < 4.78 is 4.87. The highest BCUT2D eigenvalue weighted by Gasteiger charge is 1.96. The molecule has 0 aromatic carbocycles. The number of methoxy groups -OCH3 is 1. The number of amides is 2. The van der Waals surface area contributed by atoms with Gasteiger partial charge in [-0.15, -0.1) is 0 Å². The van der Waals surface area contributed by atoms with E-state index < -0.39 is 0 Å². The lowest BCUT2D eigenvalue weighted by Gasteiger charge is -2.07. The summed E-state index contributed by atoms with van der Waals surface area (Å²) in [5, 5.41) is 8.69. The van der Waals surface area contributed by atoms with Crippen LogP contribution in [-0.2, 0) is 4.74 Å². The Kier molecular flexibility index (Phi) is 10.7. The average molecular weight is 217 g/mol. The summed E-state index contributed by atoms with van der Waals surface area (Å²) in [6, 6.07) is -0.0861. The number of ether oxygens (including phenoxy) is 1. The van der Waals surface area contributed by atoms with E-state index in [-0.39, 0.29) is 6.03 Å². The number of unbranched alkanes of at least 4 members (excludes halogenated alkanes) is 1. The number of nitrogens with one attached hydrogen (secondary N) is 3. The molecule has 90 valence electrons. The normalized spacial score (nSPS) is 10.0. The summed E-state index contributed by atoms with van der Waals surface area (Å²) in [6.07, 6.45) is 2.12. The highest BCUT2D eigenvalue weighted by molar-refractivity contribution is 5.73. The second-order valence-corrected chi connectivity index (χ2v) is 3.28. The predicted molar refractivity (Wildman–Crippen MR) is 61.1 cm³/mol. The van der Waals surface area contributed by atoms with Crippen molar-refractivity contribution in [1.82, 2.24) is 16.0 Å². The smallest absolute Gasteiger partial charge is 0.314 e. The topological polar surface area (TPSA) is 62.4 Å². The van der Waals surface area contributed by atoms with E-state index in [9.17, 15) is 4.79 Å². The molecule has 0 heterocycles. The van der Waals surface area contributed by atoms with Gasteiger partial charge in [-0.2, -0.15) is 0 Å². The largest absolute Gasteiger partial charge is 0.383 e. The zero-order valence-corrected chi connectivity index (χ0v) is 9.77. The van der Waals surface area contributed by atoms with Crippen LogP contribution in [0, 0.1) is 0 Å². The predicted octanol–water partition coefficient (Wildman–Crippen LogP) is 0.322. The second kappa shape index (κ2) is 11.3. The number of urea groups is 1. The molecule has 5 nitrogen and oxygen atoms in total. The highest BCUT2D eigenvalue weighted by atomic mass is 16.5. The summed E-state index contributed by atoms with van der Waals surface area (Å²) >= 11 is 0. The molecule has 0 radical (unpaired) electrons. The Bertz CT molecular complexity index is 154. The molecule has 5 heteroatoms. The van der Waals surface area contributed by atoms with E-state index in [4.69, 9.17) is 4.74 Å². The zero-order valence-electron chi connectivity index (χ0n) is 9.77. The summed E-state index contributed by atoms with van der Waals surface area (Å²) in [4.78, 5) is 11.1. The van der Waals surface area contributed by atoms with Gasteiger partial charge in [-0.3, -0.25) is 0 Å². The molecule has 0 rings (SSSR count). The van der Waals surface area contributed by atoms with Gasteiger partial charge in [-0.1, -0.05) is 13.3 Å². The van der Waals surface area contributed by atoms with Crippen LogP contribution in [-0.4, -0.2) is 45.9 Å². The fourth-order valence-electron chi connectivity index (χ4n) is 1.00. The highest BCUT2D eigenvalue weighted by Crippen LogP contribution is 1.81. The summed E-state index contributed by atoms with van der Waals surface area (Å²) in [7, 11) is 1.67. The van der Waals surface area contributed by atoms with Crippen molar-refractivity contribution >= 4 is 6.03 Å². The van der Waals surface area contributed by atoms with E-state index in [1.54, 1.807) is 7.11 Å². The second-order valence-electron chi connectivity index (χ2n) is 3.28. The first kappa shape index (κ1) is 14.2. The minimum absolute atomic E-state index is 0.0861. The molecule has 0 fully saturated rings. The number of hydrogen-bond donors (Lipinski definition) is 3. The Morgan fingerprint density at radius 1 is 1.13 bits per heavy atom. The van der Waals surface area contributed by atoms with Crippen molar-refractivity contribution in [3.05, 3.63) is 0 Å². The first-order valence-electron chi connectivity index (χ1n) is 5.52. The summed E-state index contributed by atoms with van der Waals surface area (Å²) in [5.74, 6) is 0. The lowest BCUT2D eigenvalue weighted by Crippen LogP contribution is -2.39. The molecular weight excluding hydrogens is 194 g/mol. The van der Waals surface area contributed by atoms with Gasteiger partial charge in [0.25, 0.3) is 0 Å². The first-order chi connectivity index (χ1) is 7.31. The third-order valence-corrected chi connectivity index (χ3v) is 1.89. The number of hydrogen-bond acceptors (Lipinski definition) is 3. The Hall–Kier alpha value is -0.810. The van der Waals surface area contributed by atoms with E-state index in [1.165, 1.54) is 0 Å². The van der Waals surface area contributed by atoms with Gasteiger partial charge in [0.05, 0.1) is 6.61 Å². The molecule has 0 saturated carbocycles. The van der Waals surface area contributed by atoms with Crippen LogP contribution in [0.1, 0.15) is 19.8 Å². The third-order valence-electron chi connectivity index (χ3n) is 1.89. The molecular formula is C10H23N3O2.